The van der Waals surface area contributed by atoms with Crippen LogP contribution in [0.2, 0.25) is 0 Å². The van der Waals surface area contributed by atoms with Crippen molar-refractivity contribution in [3.05, 3.63) is 0 Å². The van der Waals surface area contributed by atoms with E-state index < -0.39 is 13.0 Å². The summed E-state index contributed by atoms with van der Waals surface area (Å²) in [7, 11) is 0. The van der Waals surface area contributed by atoms with Crippen LogP contribution in [0.1, 0.15) is 19.3 Å². The van der Waals surface area contributed by atoms with Crippen molar-refractivity contribution in [1.29, 1.82) is 0 Å². The molecule has 2 aliphatic heterocycles. The fourth-order valence-electron chi connectivity index (χ4n) is 3.00. The highest BCUT2D eigenvalue weighted by atomic mass is 19.3. The van der Waals surface area contributed by atoms with Crippen molar-refractivity contribution in [3.63, 3.8) is 0 Å². The normalized spacial score (nSPS) is 27.2. The Labute approximate surface area is 107 Å². The molecular weight excluding hydrogens is 240 g/mol. The van der Waals surface area contributed by atoms with Crippen LogP contribution in [0, 0.1) is 11.8 Å². The summed E-state index contributed by atoms with van der Waals surface area (Å²) < 4.78 is 34.1. The SMILES string of the molecule is FC(F)COCCN1CC[C@H](C2CCOCC2)C1. The van der Waals surface area contributed by atoms with Gasteiger partial charge in [-0.15, -0.1) is 0 Å². The molecule has 2 rings (SSSR count). The van der Waals surface area contributed by atoms with Gasteiger partial charge in [0.05, 0.1) is 6.61 Å². The van der Waals surface area contributed by atoms with Crippen molar-refractivity contribution < 1.29 is 18.3 Å². The van der Waals surface area contributed by atoms with E-state index in [9.17, 15) is 8.78 Å². The van der Waals surface area contributed by atoms with Gasteiger partial charge in [0.1, 0.15) is 6.61 Å². The summed E-state index contributed by atoms with van der Waals surface area (Å²) in [5.74, 6) is 1.56. The molecule has 2 aliphatic rings. The number of hydrogen-bond acceptors (Lipinski definition) is 3. The summed E-state index contributed by atoms with van der Waals surface area (Å²) >= 11 is 0. The van der Waals surface area contributed by atoms with E-state index >= 15 is 0 Å². The molecule has 0 aromatic rings. The first-order valence-corrected chi connectivity index (χ1v) is 6.91. The summed E-state index contributed by atoms with van der Waals surface area (Å²) in [6.45, 7) is 4.76. The molecule has 0 N–H and O–H groups in total. The highest BCUT2D eigenvalue weighted by Crippen LogP contribution is 2.30. The van der Waals surface area contributed by atoms with Gasteiger partial charge in [0, 0.05) is 26.3 Å². The Kier molecular flexibility index (Phi) is 5.79. The van der Waals surface area contributed by atoms with Crippen LogP contribution in [0.25, 0.3) is 0 Å². The van der Waals surface area contributed by atoms with E-state index in [0.29, 0.717) is 6.61 Å². The maximum atomic E-state index is 11.9. The number of halogens is 2. The van der Waals surface area contributed by atoms with E-state index in [1.54, 1.807) is 0 Å². The van der Waals surface area contributed by atoms with Gasteiger partial charge in [0.2, 0.25) is 0 Å². The molecule has 0 bridgehead atoms. The maximum Gasteiger partial charge on any atom is 0.261 e. The Bertz CT molecular complexity index is 235. The summed E-state index contributed by atoms with van der Waals surface area (Å²) in [4.78, 5) is 2.34. The molecule has 0 amide bonds. The smallest absolute Gasteiger partial charge is 0.261 e. The molecule has 0 spiro atoms. The molecule has 2 saturated heterocycles. The van der Waals surface area contributed by atoms with Gasteiger partial charge < -0.3 is 14.4 Å². The fraction of sp³-hybridized carbons (Fsp3) is 1.00. The summed E-state index contributed by atoms with van der Waals surface area (Å²) in [5, 5.41) is 0. The lowest BCUT2D eigenvalue weighted by molar-refractivity contribution is 0.0104. The lowest BCUT2D eigenvalue weighted by Crippen LogP contribution is -2.29. The lowest BCUT2D eigenvalue weighted by Gasteiger charge is -2.27. The van der Waals surface area contributed by atoms with Crippen LogP contribution in [0.15, 0.2) is 0 Å². The van der Waals surface area contributed by atoms with Gasteiger partial charge in [-0.1, -0.05) is 0 Å². The van der Waals surface area contributed by atoms with Crippen LogP contribution in [0.3, 0.4) is 0 Å². The Balaban J connectivity index is 1.59. The molecule has 1 atom stereocenters. The van der Waals surface area contributed by atoms with Crippen molar-refractivity contribution in [3.8, 4) is 0 Å². The number of ether oxygens (including phenoxy) is 2. The van der Waals surface area contributed by atoms with Crippen molar-refractivity contribution in [2.45, 2.75) is 25.7 Å². The van der Waals surface area contributed by atoms with Crippen LogP contribution < -0.4 is 0 Å². The molecule has 0 saturated carbocycles. The van der Waals surface area contributed by atoms with Gasteiger partial charge in [-0.3, -0.25) is 0 Å². The molecule has 0 aliphatic carbocycles. The molecule has 2 fully saturated rings. The van der Waals surface area contributed by atoms with Gasteiger partial charge in [0.15, 0.2) is 0 Å². The summed E-state index contributed by atoms with van der Waals surface area (Å²) in [5.41, 5.74) is 0. The van der Waals surface area contributed by atoms with Gasteiger partial charge >= 0.3 is 0 Å². The molecule has 0 unspecified atom stereocenters. The minimum Gasteiger partial charge on any atom is -0.381 e. The first-order chi connectivity index (χ1) is 8.75. The van der Waals surface area contributed by atoms with E-state index in [1.165, 1.54) is 19.3 Å². The molecule has 0 radical (unpaired) electrons. The Morgan fingerprint density at radius 2 is 1.94 bits per heavy atom. The topological polar surface area (TPSA) is 21.7 Å². The third-order valence-corrected chi connectivity index (χ3v) is 4.04. The zero-order valence-electron chi connectivity index (χ0n) is 10.8. The minimum atomic E-state index is -2.35. The zero-order chi connectivity index (χ0) is 12.8. The molecule has 5 heteroatoms. The van der Waals surface area contributed by atoms with E-state index in [-0.39, 0.29) is 0 Å². The van der Waals surface area contributed by atoms with Crippen LogP contribution in [-0.4, -0.2) is 57.4 Å². The van der Waals surface area contributed by atoms with Crippen LogP contribution in [-0.2, 0) is 9.47 Å². The maximum absolute atomic E-state index is 11.9. The average molecular weight is 263 g/mol. The highest BCUT2D eigenvalue weighted by molar-refractivity contribution is 4.82. The van der Waals surface area contributed by atoms with Crippen molar-refractivity contribution in [1.82, 2.24) is 4.90 Å². The summed E-state index contributed by atoms with van der Waals surface area (Å²) in [6, 6.07) is 0. The van der Waals surface area contributed by atoms with Gasteiger partial charge in [0.25, 0.3) is 6.43 Å². The van der Waals surface area contributed by atoms with Crippen molar-refractivity contribution in [2.75, 3.05) is 46.1 Å². The van der Waals surface area contributed by atoms with Gasteiger partial charge in [-0.2, -0.15) is 0 Å². The van der Waals surface area contributed by atoms with E-state index in [0.717, 1.165) is 44.7 Å². The molecule has 3 nitrogen and oxygen atoms in total. The quantitative estimate of drug-likeness (QED) is 0.684. The average Bonchev–Trinajstić information content (AvgIpc) is 2.84. The van der Waals surface area contributed by atoms with E-state index in [4.69, 9.17) is 9.47 Å². The third kappa shape index (κ3) is 4.44. The molecule has 18 heavy (non-hydrogen) atoms. The predicted molar refractivity (Wildman–Crippen MR) is 64.9 cm³/mol. The second-order valence-corrected chi connectivity index (χ2v) is 5.27. The van der Waals surface area contributed by atoms with E-state index in [1.807, 2.05) is 0 Å². The fourth-order valence-corrected chi connectivity index (χ4v) is 3.00. The van der Waals surface area contributed by atoms with E-state index in [2.05, 4.69) is 4.90 Å². The highest BCUT2D eigenvalue weighted by Gasteiger charge is 2.30. The number of rotatable bonds is 6. The first-order valence-electron chi connectivity index (χ1n) is 6.91. The number of hydrogen-bond donors (Lipinski definition) is 0. The molecular formula is C13H23F2NO2. The standard InChI is InChI=1S/C13H23F2NO2/c14-13(15)10-18-8-5-16-4-1-12(9-16)11-2-6-17-7-3-11/h11-13H,1-10H2/t12-/m0/s1. The Morgan fingerprint density at radius 3 is 2.67 bits per heavy atom. The number of alkyl halides is 2. The number of nitrogens with zero attached hydrogens (tertiary/aromatic N) is 1. The second kappa shape index (κ2) is 7.36. The molecule has 106 valence electrons. The van der Waals surface area contributed by atoms with Crippen LogP contribution >= 0.6 is 0 Å². The third-order valence-electron chi connectivity index (χ3n) is 4.04. The Morgan fingerprint density at radius 1 is 1.17 bits per heavy atom. The van der Waals surface area contributed by atoms with Crippen LogP contribution in [0.5, 0.6) is 0 Å². The number of likely N-dealkylation sites (tertiary alicyclic amines) is 1. The van der Waals surface area contributed by atoms with Gasteiger partial charge in [-0.25, -0.2) is 8.78 Å². The van der Waals surface area contributed by atoms with Crippen LogP contribution in [0.4, 0.5) is 8.78 Å². The molecule has 0 aromatic carbocycles. The minimum absolute atomic E-state index is 0.421. The monoisotopic (exact) mass is 263 g/mol. The zero-order valence-corrected chi connectivity index (χ0v) is 10.8. The second-order valence-electron chi connectivity index (χ2n) is 5.27. The molecule has 2 heterocycles. The van der Waals surface area contributed by atoms with Crippen molar-refractivity contribution in [2.24, 2.45) is 11.8 Å². The van der Waals surface area contributed by atoms with Gasteiger partial charge in [-0.05, 0) is 37.6 Å². The van der Waals surface area contributed by atoms with Crippen molar-refractivity contribution >= 4 is 0 Å². The largest absolute Gasteiger partial charge is 0.381 e. The molecule has 0 aromatic heterocycles. The Hall–Kier alpha value is -0.260. The predicted octanol–water partition coefficient (Wildman–Crippen LogP) is 2.02. The summed E-state index contributed by atoms with van der Waals surface area (Å²) in [6.07, 6.45) is 1.25. The lowest BCUT2D eigenvalue weighted by atomic mass is 9.85. The first kappa shape index (κ1) is 14.2.